The van der Waals surface area contributed by atoms with Gasteiger partial charge in [0.15, 0.2) is 0 Å². The Balaban J connectivity index is 2.01. The molecule has 0 aliphatic carbocycles. The van der Waals surface area contributed by atoms with Gasteiger partial charge in [0.1, 0.15) is 5.69 Å². The van der Waals surface area contributed by atoms with Crippen molar-refractivity contribution in [3.05, 3.63) is 59.9 Å². The van der Waals surface area contributed by atoms with E-state index in [1.807, 2.05) is 30.3 Å². The molecule has 21 heavy (non-hydrogen) atoms. The highest BCUT2D eigenvalue weighted by Gasteiger charge is 2.16. The molecule has 1 atom stereocenters. The standard InChI is InChI=1S/C16H18N2O3/c19-15(20)9-8-13(11-12-5-2-1-3-6-12)18-16(21)14-7-4-10-17-14/h1-7,10,13,17H,8-9,11H2,(H,18,21)(H,19,20). The summed E-state index contributed by atoms with van der Waals surface area (Å²) in [5, 5.41) is 11.7. The Morgan fingerprint density at radius 3 is 2.52 bits per heavy atom. The van der Waals surface area contributed by atoms with Gasteiger partial charge in [-0.05, 0) is 30.5 Å². The van der Waals surface area contributed by atoms with Crippen LogP contribution in [0.4, 0.5) is 0 Å². The zero-order valence-corrected chi connectivity index (χ0v) is 11.6. The molecule has 110 valence electrons. The van der Waals surface area contributed by atoms with Crippen LogP contribution in [0.1, 0.15) is 28.9 Å². The highest BCUT2D eigenvalue weighted by molar-refractivity contribution is 5.92. The van der Waals surface area contributed by atoms with Crippen molar-refractivity contribution in [3.8, 4) is 0 Å². The third kappa shape index (κ3) is 4.80. The zero-order chi connectivity index (χ0) is 15.1. The van der Waals surface area contributed by atoms with Crippen LogP contribution in [0.5, 0.6) is 0 Å². The minimum atomic E-state index is -0.859. The number of carboxylic acids is 1. The lowest BCUT2D eigenvalue weighted by molar-refractivity contribution is -0.137. The molecule has 3 N–H and O–H groups in total. The highest BCUT2D eigenvalue weighted by Crippen LogP contribution is 2.09. The number of aromatic amines is 1. The van der Waals surface area contributed by atoms with Crippen LogP contribution in [0.2, 0.25) is 0 Å². The fourth-order valence-electron chi connectivity index (χ4n) is 2.16. The molecule has 2 rings (SSSR count). The summed E-state index contributed by atoms with van der Waals surface area (Å²) in [5.74, 6) is -1.08. The molecule has 0 spiro atoms. The zero-order valence-electron chi connectivity index (χ0n) is 11.6. The fourth-order valence-corrected chi connectivity index (χ4v) is 2.16. The Kier molecular flexibility index (Phi) is 5.15. The minimum Gasteiger partial charge on any atom is -0.481 e. The van der Waals surface area contributed by atoms with Crippen molar-refractivity contribution in [1.82, 2.24) is 10.3 Å². The Labute approximate surface area is 123 Å². The van der Waals surface area contributed by atoms with Crippen molar-refractivity contribution in [2.75, 3.05) is 0 Å². The number of H-pyrrole nitrogens is 1. The second kappa shape index (κ2) is 7.28. The summed E-state index contributed by atoms with van der Waals surface area (Å²) in [6, 6.07) is 12.9. The number of hydrogen-bond donors (Lipinski definition) is 3. The molecule has 1 amide bonds. The first-order valence-electron chi connectivity index (χ1n) is 6.85. The third-order valence-electron chi connectivity index (χ3n) is 3.21. The Bertz CT molecular complexity index is 579. The molecule has 5 nitrogen and oxygen atoms in total. The molecule has 0 saturated carbocycles. The lowest BCUT2D eigenvalue weighted by Gasteiger charge is -2.18. The average Bonchev–Trinajstić information content (AvgIpc) is 3.00. The largest absolute Gasteiger partial charge is 0.481 e. The number of carbonyl (C=O) groups is 2. The smallest absolute Gasteiger partial charge is 0.303 e. The number of carboxylic acid groups (broad SMARTS) is 1. The van der Waals surface area contributed by atoms with Crippen LogP contribution in [0.15, 0.2) is 48.7 Å². The van der Waals surface area contributed by atoms with E-state index in [-0.39, 0.29) is 18.4 Å². The maximum Gasteiger partial charge on any atom is 0.303 e. The highest BCUT2D eigenvalue weighted by atomic mass is 16.4. The molecule has 0 fully saturated rings. The Morgan fingerprint density at radius 1 is 1.14 bits per heavy atom. The molecule has 1 heterocycles. The van der Waals surface area contributed by atoms with Gasteiger partial charge in [0, 0.05) is 18.7 Å². The van der Waals surface area contributed by atoms with Crippen molar-refractivity contribution >= 4 is 11.9 Å². The van der Waals surface area contributed by atoms with E-state index in [4.69, 9.17) is 5.11 Å². The summed E-state index contributed by atoms with van der Waals surface area (Å²) in [6.07, 6.45) is 2.72. The maximum atomic E-state index is 12.1. The van der Waals surface area contributed by atoms with E-state index in [0.29, 0.717) is 18.5 Å². The number of rotatable bonds is 7. The van der Waals surface area contributed by atoms with Crippen LogP contribution in [0.3, 0.4) is 0 Å². The van der Waals surface area contributed by atoms with Crippen molar-refractivity contribution in [1.29, 1.82) is 0 Å². The van der Waals surface area contributed by atoms with Gasteiger partial charge >= 0.3 is 5.97 Å². The van der Waals surface area contributed by atoms with Gasteiger partial charge in [-0.25, -0.2) is 0 Å². The monoisotopic (exact) mass is 286 g/mol. The van der Waals surface area contributed by atoms with Crippen molar-refractivity contribution < 1.29 is 14.7 Å². The number of carbonyl (C=O) groups excluding carboxylic acids is 1. The summed E-state index contributed by atoms with van der Waals surface area (Å²) in [6.45, 7) is 0. The van der Waals surface area contributed by atoms with Gasteiger partial charge in [-0.2, -0.15) is 0 Å². The van der Waals surface area contributed by atoms with Crippen LogP contribution in [-0.2, 0) is 11.2 Å². The number of nitrogens with one attached hydrogen (secondary N) is 2. The van der Waals surface area contributed by atoms with Crippen LogP contribution in [0.25, 0.3) is 0 Å². The summed E-state index contributed by atoms with van der Waals surface area (Å²) in [5.41, 5.74) is 1.54. The predicted octanol–water partition coefficient (Wildman–Crippen LogP) is 2.22. The second-order valence-corrected chi connectivity index (χ2v) is 4.88. The molecule has 5 heteroatoms. The lowest BCUT2D eigenvalue weighted by Crippen LogP contribution is -2.37. The average molecular weight is 286 g/mol. The molecular weight excluding hydrogens is 268 g/mol. The van der Waals surface area contributed by atoms with E-state index in [1.165, 1.54) is 0 Å². The van der Waals surface area contributed by atoms with Gasteiger partial charge < -0.3 is 15.4 Å². The van der Waals surface area contributed by atoms with E-state index in [1.54, 1.807) is 18.3 Å². The first-order valence-corrected chi connectivity index (χ1v) is 6.85. The van der Waals surface area contributed by atoms with Crippen molar-refractivity contribution in [2.24, 2.45) is 0 Å². The quantitative estimate of drug-likeness (QED) is 0.730. The molecule has 0 aliphatic rings. The van der Waals surface area contributed by atoms with E-state index in [2.05, 4.69) is 10.3 Å². The van der Waals surface area contributed by atoms with Crippen LogP contribution in [-0.4, -0.2) is 28.0 Å². The normalized spacial score (nSPS) is 11.8. The molecule has 1 aromatic heterocycles. The van der Waals surface area contributed by atoms with Crippen LogP contribution < -0.4 is 5.32 Å². The van der Waals surface area contributed by atoms with Gasteiger partial charge in [-0.1, -0.05) is 30.3 Å². The number of aliphatic carboxylic acids is 1. The van der Waals surface area contributed by atoms with E-state index < -0.39 is 5.97 Å². The number of amides is 1. The molecule has 0 aliphatic heterocycles. The second-order valence-electron chi connectivity index (χ2n) is 4.88. The maximum absolute atomic E-state index is 12.1. The predicted molar refractivity (Wildman–Crippen MR) is 79.1 cm³/mol. The van der Waals surface area contributed by atoms with Crippen molar-refractivity contribution in [3.63, 3.8) is 0 Å². The fraction of sp³-hybridized carbons (Fsp3) is 0.250. The summed E-state index contributed by atoms with van der Waals surface area (Å²) >= 11 is 0. The van der Waals surface area contributed by atoms with Gasteiger partial charge in [0.25, 0.3) is 5.91 Å². The Hall–Kier alpha value is -2.56. The number of benzene rings is 1. The molecule has 2 aromatic rings. The van der Waals surface area contributed by atoms with E-state index in [9.17, 15) is 9.59 Å². The number of hydrogen-bond acceptors (Lipinski definition) is 2. The summed E-state index contributed by atoms with van der Waals surface area (Å²) in [4.78, 5) is 25.7. The molecule has 0 radical (unpaired) electrons. The number of aromatic nitrogens is 1. The molecule has 0 saturated heterocycles. The Morgan fingerprint density at radius 2 is 1.90 bits per heavy atom. The molecule has 1 unspecified atom stereocenters. The van der Waals surface area contributed by atoms with Gasteiger partial charge in [0.2, 0.25) is 0 Å². The molecule has 1 aromatic carbocycles. The van der Waals surface area contributed by atoms with Gasteiger partial charge in [-0.15, -0.1) is 0 Å². The first-order chi connectivity index (χ1) is 10.1. The van der Waals surface area contributed by atoms with E-state index >= 15 is 0 Å². The van der Waals surface area contributed by atoms with Gasteiger partial charge in [0.05, 0.1) is 0 Å². The summed E-state index contributed by atoms with van der Waals surface area (Å²) < 4.78 is 0. The SMILES string of the molecule is O=C(O)CCC(Cc1ccccc1)NC(=O)c1ccc[nH]1. The minimum absolute atomic E-state index is 0.0303. The van der Waals surface area contributed by atoms with Crippen LogP contribution >= 0.6 is 0 Å². The van der Waals surface area contributed by atoms with Crippen molar-refractivity contribution in [2.45, 2.75) is 25.3 Å². The van der Waals surface area contributed by atoms with Crippen LogP contribution in [0, 0.1) is 0 Å². The van der Waals surface area contributed by atoms with E-state index in [0.717, 1.165) is 5.56 Å². The molecule has 0 bridgehead atoms. The molecular formula is C16H18N2O3. The van der Waals surface area contributed by atoms with Gasteiger partial charge in [-0.3, -0.25) is 9.59 Å². The summed E-state index contributed by atoms with van der Waals surface area (Å²) in [7, 11) is 0. The first kappa shape index (κ1) is 14.8. The third-order valence-corrected chi connectivity index (χ3v) is 3.21. The lowest BCUT2D eigenvalue weighted by atomic mass is 10.0. The topological polar surface area (TPSA) is 82.2 Å².